The molecule has 0 aliphatic rings. The molecule has 2 aromatic rings. The van der Waals surface area contributed by atoms with Gasteiger partial charge in [0.2, 0.25) is 0 Å². The Labute approximate surface area is 115 Å². The summed E-state index contributed by atoms with van der Waals surface area (Å²) in [6.45, 7) is 3.27. The number of hydrogen-bond acceptors (Lipinski definition) is 4. The number of aromatic nitrogens is 2. The molecule has 1 aromatic carbocycles. The van der Waals surface area contributed by atoms with Gasteiger partial charge in [0.05, 0.1) is 29.7 Å². The average molecular weight is 274 g/mol. The Hall–Kier alpha value is -2.63. The monoisotopic (exact) mass is 274 g/mol. The lowest BCUT2D eigenvalue weighted by Crippen LogP contribution is -2.14. The quantitative estimate of drug-likeness (QED) is 0.678. The molecule has 0 atom stereocenters. The van der Waals surface area contributed by atoms with Crippen LogP contribution in [0.2, 0.25) is 0 Å². The molecule has 0 saturated carbocycles. The largest absolute Gasteiger partial charge is 0.497 e. The summed E-state index contributed by atoms with van der Waals surface area (Å²) in [6.07, 6.45) is 0. The molecule has 104 valence electrons. The molecule has 0 radical (unpaired) electrons. The van der Waals surface area contributed by atoms with Crippen LogP contribution in [0, 0.1) is 13.8 Å². The van der Waals surface area contributed by atoms with E-state index in [0.29, 0.717) is 22.8 Å². The first-order chi connectivity index (χ1) is 9.45. The van der Waals surface area contributed by atoms with Crippen molar-refractivity contribution in [3.8, 4) is 11.4 Å². The second-order valence-corrected chi connectivity index (χ2v) is 4.29. The highest BCUT2D eigenvalue weighted by Crippen LogP contribution is 2.21. The molecule has 6 nitrogen and oxygen atoms in total. The lowest BCUT2D eigenvalue weighted by atomic mass is 10.1. The molecule has 0 unspecified atom stereocenters. The second-order valence-electron chi connectivity index (χ2n) is 4.29. The minimum absolute atomic E-state index is 0.125. The summed E-state index contributed by atoms with van der Waals surface area (Å²) >= 11 is 0. The van der Waals surface area contributed by atoms with Crippen LogP contribution >= 0.6 is 0 Å². The minimum atomic E-state index is -1.48. The van der Waals surface area contributed by atoms with Crippen LogP contribution in [0.1, 0.15) is 21.7 Å². The molecule has 6 heteroatoms. The van der Waals surface area contributed by atoms with Crippen LogP contribution in [0.15, 0.2) is 24.3 Å². The van der Waals surface area contributed by atoms with Gasteiger partial charge in [-0.25, -0.2) is 9.48 Å². The highest BCUT2D eigenvalue weighted by atomic mass is 16.5. The van der Waals surface area contributed by atoms with E-state index in [1.165, 1.54) is 4.68 Å². The van der Waals surface area contributed by atoms with Crippen molar-refractivity contribution in [1.29, 1.82) is 0 Å². The van der Waals surface area contributed by atoms with Gasteiger partial charge in [-0.3, -0.25) is 4.79 Å². The molecule has 0 bridgehead atoms. The zero-order chi connectivity index (χ0) is 14.9. The van der Waals surface area contributed by atoms with E-state index in [4.69, 9.17) is 9.84 Å². The van der Waals surface area contributed by atoms with Gasteiger partial charge in [-0.1, -0.05) is 6.07 Å². The number of benzene rings is 1. The number of rotatable bonds is 4. The number of ether oxygens (including phenoxy) is 1. The number of nitrogens with zero attached hydrogens (tertiary/aromatic N) is 2. The van der Waals surface area contributed by atoms with Crippen molar-refractivity contribution in [1.82, 2.24) is 9.78 Å². The SMILES string of the molecule is COc1cccc(-n2nc(C)c(C(=O)C(=O)O)c2C)c1. The van der Waals surface area contributed by atoms with Gasteiger partial charge in [-0.05, 0) is 26.0 Å². The van der Waals surface area contributed by atoms with Crippen molar-refractivity contribution in [2.24, 2.45) is 0 Å². The maximum Gasteiger partial charge on any atom is 0.377 e. The van der Waals surface area contributed by atoms with Gasteiger partial charge in [0, 0.05) is 6.07 Å². The zero-order valence-electron chi connectivity index (χ0n) is 11.4. The number of hydrogen-bond donors (Lipinski definition) is 1. The summed E-state index contributed by atoms with van der Waals surface area (Å²) in [5.74, 6) is -1.78. The molecule has 0 aliphatic heterocycles. The van der Waals surface area contributed by atoms with E-state index >= 15 is 0 Å². The Morgan fingerprint density at radius 1 is 1.30 bits per heavy atom. The normalized spacial score (nSPS) is 10.3. The molecule has 1 N–H and O–H groups in total. The Morgan fingerprint density at radius 2 is 2.00 bits per heavy atom. The molecule has 2 rings (SSSR count). The topological polar surface area (TPSA) is 81.4 Å². The van der Waals surface area contributed by atoms with E-state index in [2.05, 4.69) is 5.10 Å². The summed E-state index contributed by atoms with van der Waals surface area (Å²) in [7, 11) is 1.56. The fourth-order valence-corrected chi connectivity index (χ4v) is 2.07. The van der Waals surface area contributed by atoms with Crippen LogP contribution in [-0.4, -0.2) is 33.7 Å². The first-order valence-corrected chi connectivity index (χ1v) is 5.94. The smallest absolute Gasteiger partial charge is 0.377 e. The molecule has 0 fully saturated rings. The first-order valence-electron chi connectivity index (χ1n) is 5.94. The van der Waals surface area contributed by atoms with E-state index < -0.39 is 11.8 Å². The fourth-order valence-electron chi connectivity index (χ4n) is 2.07. The molecule has 1 heterocycles. The minimum Gasteiger partial charge on any atom is -0.497 e. The van der Waals surface area contributed by atoms with Crippen LogP contribution in [-0.2, 0) is 4.79 Å². The number of aliphatic carboxylic acids is 1. The van der Waals surface area contributed by atoms with Crippen LogP contribution in [0.4, 0.5) is 0 Å². The van der Waals surface area contributed by atoms with Crippen LogP contribution < -0.4 is 4.74 Å². The van der Waals surface area contributed by atoms with E-state index in [1.54, 1.807) is 45.2 Å². The van der Waals surface area contributed by atoms with Gasteiger partial charge in [0.25, 0.3) is 5.78 Å². The third kappa shape index (κ3) is 2.27. The Balaban J connectivity index is 2.56. The van der Waals surface area contributed by atoms with Gasteiger partial charge in [-0.2, -0.15) is 5.10 Å². The van der Waals surface area contributed by atoms with Crippen molar-refractivity contribution in [3.05, 3.63) is 41.2 Å². The molecule has 20 heavy (non-hydrogen) atoms. The summed E-state index contributed by atoms with van der Waals surface area (Å²) in [5, 5.41) is 13.1. The zero-order valence-corrected chi connectivity index (χ0v) is 11.4. The van der Waals surface area contributed by atoms with E-state index in [-0.39, 0.29) is 5.56 Å². The van der Waals surface area contributed by atoms with Crippen molar-refractivity contribution in [2.75, 3.05) is 7.11 Å². The predicted molar refractivity (Wildman–Crippen MR) is 71.6 cm³/mol. The number of carboxylic acids is 1. The third-order valence-electron chi connectivity index (χ3n) is 3.01. The summed E-state index contributed by atoms with van der Waals surface area (Å²) in [4.78, 5) is 22.5. The summed E-state index contributed by atoms with van der Waals surface area (Å²) < 4.78 is 6.67. The number of ketones is 1. The molecular weight excluding hydrogens is 260 g/mol. The summed E-state index contributed by atoms with van der Waals surface area (Å²) in [5.41, 5.74) is 1.70. The number of methoxy groups -OCH3 is 1. The number of carbonyl (C=O) groups excluding carboxylic acids is 1. The maximum absolute atomic E-state index is 11.7. The lowest BCUT2D eigenvalue weighted by molar-refractivity contribution is -0.131. The van der Waals surface area contributed by atoms with Gasteiger partial charge in [-0.15, -0.1) is 0 Å². The van der Waals surface area contributed by atoms with Gasteiger partial charge in [0.15, 0.2) is 0 Å². The Kier molecular flexibility index (Phi) is 3.56. The standard InChI is InChI=1S/C14H14N2O4/c1-8-12(13(17)14(18)19)9(2)16(15-8)10-5-4-6-11(7-10)20-3/h4-7H,1-3H3,(H,18,19). The van der Waals surface area contributed by atoms with E-state index in [1.807, 2.05) is 0 Å². The molecule has 0 saturated heterocycles. The average Bonchev–Trinajstić information content (AvgIpc) is 2.73. The van der Waals surface area contributed by atoms with Crippen molar-refractivity contribution < 1.29 is 19.4 Å². The van der Waals surface area contributed by atoms with E-state index in [0.717, 1.165) is 0 Å². The Bertz CT molecular complexity index is 688. The van der Waals surface area contributed by atoms with Gasteiger partial charge >= 0.3 is 5.97 Å². The maximum atomic E-state index is 11.7. The van der Waals surface area contributed by atoms with Crippen LogP contribution in [0.5, 0.6) is 5.75 Å². The van der Waals surface area contributed by atoms with Gasteiger partial charge < -0.3 is 9.84 Å². The van der Waals surface area contributed by atoms with Crippen LogP contribution in [0.3, 0.4) is 0 Å². The van der Waals surface area contributed by atoms with Crippen LogP contribution in [0.25, 0.3) is 5.69 Å². The first kappa shape index (κ1) is 13.8. The Morgan fingerprint density at radius 3 is 2.60 bits per heavy atom. The highest BCUT2D eigenvalue weighted by molar-refractivity contribution is 6.40. The van der Waals surface area contributed by atoms with Gasteiger partial charge in [0.1, 0.15) is 5.75 Å². The number of carboxylic acid groups (broad SMARTS) is 1. The third-order valence-corrected chi connectivity index (χ3v) is 3.01. The fraction of sp³-hybridized carbons (Fsp3) is 0.214. The van der Waals surface area contributed by atoms with Crippen molar-refractivity contribution in [3.63, 3.8) is 0 Å². The number of carbonyl (C=O) groups is 2. The number of aryl methyl sites for hydroxylation is 1. The molecule has 0 amide bonds. The second kappa shape index (κ2) is 5.16. The molecule has 0 aliphatic carbocycles. The van der Waals surface area contributed by atoms with Crippen molar-refractivity contribution >= 4 is 11.8 Å². The van der Waals surface area contributed by atoms with Crippen molar-refractivity contribution in [2.45, 2.75) is 13.8 Å². The molecule has 0 spiro atoms. The highest BCUT2D eigenvalue weighted by Gasteiger charge is 2.24. The number of Topliss-reactive ketones (excluding diaryl/α,β-unsaturated/α-hetero) is 1. The lowest BCUT2D eigenvalue weighted by Gasteiger charge is -2.06. The van der Waals surface area contributed by atoms with E-state index in [9.17, 15) is 9.59 Å². The molecule has 1 aromatic heterocycles. The summed E-state index contributed by atoms with van der Waals surface area (Å²) in [6, 6.07) is 7.15. The predicted octanol–water partition coefficient (Wildman–Crippen LogP) is 1.77. The molecular formula is C14H14N2O4.